The van der Waals surface area contributed by atoms with Gasteiger partial charge in [0.25, 0.3) is 5.56 Å². The molecule has 0 spiro atoms. The number of hydrogen-bond donors (Lipinski definition) is 2. The zero-order valence-electron chi connectivity index (χ0n) is 14.2. The fourth-order valence-electron chi connectivity index (χ4n) is 3.17. The Morgan fingerprint density at radius 3 is 2.60 bits per heavy atom. The van der Waals surface area contributed by atoms with Crippen LogP contribution in [0.25, 0.3) is 0 Å². The molecule has 0 radical (unpaired) electrons. The Hall–Kier alpha value is -2.67. The molecule has 0 bridgehead atoms. The monoisotopic (exact) mass is 342 g/mol. The third-order valence-corrected chi connectivity index (χ3v) is 4.33. The van der Waals surface area contributed by atoms with E-state index in [1.807, 2.05) is 35.2 Å². The Bertz CT molecular complexity index is 825. The minimum Gasteiger partial charge on any atom is -0.351 e. The van der Waals surface area contributed by atoms with Crippen LogP contribution in [0.15, 0.2) is 46.0 Å². The maximum atomic E-state index is 12.0. The summed E-state index contributed by atoms with van der Waals surface area (Å²) in [6.07, 6.45) is 0.758. The van der Waals surface area contributed by atoms with Crippen LogP contribution in [0, 0.1) is 6.92 Å². The van der Waals surface area contributed by atoms with Gasteiger partial charge in [-0.15, -0.1) is 0 Å². The van der Waals surface area contributed by atoms with E-state index >= 15 is 0 Å². The molecule has 1 aromatic carbocycles. The Kier molecular flexibility index (Phi) is 5.14. The van der Waals surface area contributed by atoms with Gasteiger partial charge in [-0.05, 0) is 18.9 Å². The highest BCUT2D eigenvalue weighted by atomic mass is 16.2. The number of benzene rings is 1. The molecule has 1 aliphatic heterocycles. The summed E-state index contributed by atoms with van der Waals surface area (Å²) in [7, 11) is 0. The molecule has 2 aromatic rings. The summed E-state index contributed by atoms with van der Waals surface area (Å²) < 4.78 is 1.17. The molecule has 0 saturated carbocycles. The van der Waals surface area contributed by atoms with Gasteiger partial charge < -0.3 is 10.3 Å². The summed E-state index contributed by atoms with van der Waals surface area (Å²) in [5.41, 5.74) is 0.989. The molecule has 132 valence electrons. The van der Waals surface area contributed by atoms with Gasteiger partial charge in [-0.25, -0.2) is 4.79 Å². The standard InChI is InChI=1S/C18H22N4O3/c1-13-9-17(24)22(18(25)19-13)8-7-21-11-15(20-16(23)12-21)10-14-5-3-2-4-6-14/h2-6,9,15H,7-8,10-12H2,1H3,(H,19,25)(H,20,23)/t15-/m0/s1. The predicted octanol–water partition coefficient (Wildman–Crippen LogP) is -0.112. The summed E-state index contributed by atoms with van der Waals surface area (Å²) in [6.45, 7) is 3.39. The number of carbonyl (C=O) groups excluding carboxylic acids is 1. The molecular weight excluding hydrogens is 320 g/mol. The number of nitrogens with zero attached hydrogens (tertiary/aromatic N) is 2. The number of hydrogen-bond acceptors (Lipinski definition) is 4. The molecule has 0 unspecified atom stereocenters. The largest absolute Gasteiger partial charge is 0.351 e. The zero-order valence-corrected chi connectivity index (χ0v) is 14.2. The Morgan fingerprint density at radius 2 is 1.88 bits per heavy atom. The van der Waals surface area contributed by atoms with Crippen molar-refractivity contribution in [2.24, 2.45) is 0 Å². The Morgan fingerprint density at radius 1 is 1.12 bits per heavy atom. The van der Waals surface area contributed by atoms with Crippen molar-refractivity contribution in [3.05, 3.63) is 68.5 Å². The Balaban J connectivity index is 1.64. The lowest BCUT2D eigenvalue weighted by molar-refractivity contribution is -0.125. The number of piperazine rings is 1. The minimum absolute atomic E-state index is 0.0247. The van der Waals surface area contributed by atoms with E-state index < -0.39 is 5.69 Å². The molecule has 2 heterocycles. The second kappa shape index (κ2) is 7.48. The van der Waals surface area contributed by atoms with Crippen LogP contribution in [0.1, 0.15) is 11.3 Å². The molecule has 3 rings (SSSR count). The lowest BCUT2D eigenvalue weighted by Gasteiger charge is -2.33. The average Bonchev–Trinajstić information content (AvgIpc) is 2.54. The van der Waals surface area contributed by atoms with Gasteiger partial charge in [0.15, 0.2) is 0 Å². The highest BCUT2D eigenvalue weighted by Crippen LogP contribution is 2.08. The minimum atomic E-state index is -0.410. The normalized spacial score (nSPS) is 18.1. The Labute approximate surface area is 145 Å². The quantitative estimate of drug-likeness (QED) is 0.794. The van der Waals surface area contributed by atoms with Crippen molar-refractivity contribution in [2.75, 3.05) is 19.6 Å². The number of aryl methyl sites for hydroxylation is 1. The first kappa shape index (κ1) is 17.2. The third kappa shape index (κ3) is 4.45. The molecule has 7 heteroatoms. The van der Waals surface area contributed by atoms with Crippen LogP contribution >= 0.6 is 0 Å². The highest BCUT2D eigenvalue weighted by Gasteiger charge is 2.24. The number of aromatic nitrogens is 2. The fraction of sp³-hybridized carbons (Fsp3) is 0.389. The number of aromatic amines is 1. The van der Waals surface area contributed by atoms with Gasteiger partial charge in [0.2, 0.25) is 5.91 Å². The number of amides is 1. The van der Waals surface area contributed by atoms with Gasteiger partial charge in [0, 0.05) is 37.4 Å². The van der Waals surface area contributed by atoms with Gasteiger partial charge in [-0.2, -0.15) is 0 Å². The molecule has 7 nitrogen and oxygen atoms in total. The smallest absolute Gasteiger partial charge is 0.328 e. The van der Waals surface area contributed by atoms with E-state index in [0.29, 0.717) is 18.8 Å². The van der Waals surface area contributed by atoms with E-state index in [-0.39, 0.29) is 30.6 Å². The van der Waals surface area contributed by atoms with Crippen LogP contribution in [0.2, 0.25) is 0 Å². The fourth-order valence-corrected chi connectivity index (χ4v) is 3.17. The van der Waals surface area contributed by atoms with Crippen molar-refractivity contribution in [2.45, 2.75) is 25.9 Å². The molecule has 1 aromatic heterocycles. The predicted molar refractivity (Wildman–Crippen MR) is 94.6 cm³/mol. The van der Waals surface area contributed by atoms with E-state index in [4.69, 9.17) is 0 Å². The first-order valence-electron chi connectivity index (χ1n) is 8.37. The van der Waals surface area contributed by atoms with E-state index in [9.17, 15) is 14.4 Å². The molecule has 25 heavy (non-hydrogen) atoms. The molecule has 1 fully saturated rings. The maximum absolute atomic E-state index is 12.0. The van der Waals surface area contributed by atoms with Crippen LogP contribution < -0.4 is 16.6 Å². The van der Waals surface area contributed by atoms with E-state index in [1.54, 1.807) is 6.92 Å². The van der Waals surface area contributed by atoms with Gasteiger partial charge in [0.1, 0.15) is 0 Å². The summed E-state index contributed by atoms with van der Waals surface area (Å²) in [5, 5.41) is 3.01. The van der Waals surface area contributed by atoms with Gasteiger partial charge >= 0.3 is 5.69 Å². The second-order valence-electron chi connectivity index (χ2n) is 6.44. The summed E-state index contributed by atoms with van der Waals surface area (Å²) >= 11 is 0. The van der Waals surface area contributed by atoms with E-state index in [1.165, 1.54) is 16.2 Å². The average molecular weight is 342 g/mol. The van der Waals surface area contributed by atoms with Gasteiger partial charge in [-0.3, -0.25) is 19.1 Å². The SMILES string of the molecule is Cc1cc(=O)n(CCN2CC(=O)N[C@@H](Cc3ccccc3)C2)c(=O)[nH]1. The first-order chi connectivity index (χ1) is 12.0. The van der Waals surface area contributed by atoms with Crippen molar-refractivity contribution < 1.29 is 4.79 Å². The molecular formula is C18H22N4O3. The van der Waals surface area contributed by atoms with Crippen LogP contribution in [0.5, 0.6) is 0 Å². The number of nitrogens with one attached hydrogen (secondary N) is 2. The van der Waals surface area contributed by atoms with E-state index in [0.717, 1.165) is 6.42 Å². The van der Waals surface area contributed by atoms with Gasteiger partial charge in [-0.1, -0.05) is 30.3 Å². The van der Waals surface area contributed by atoms with Crippen LogP contribution in [-0.2, 0) is 17.8 Å². The molecule has 1 saturated heterocycles. The third-order valence-electron chi connectivity index (χ3n) is 4.33. The summed E-state index contributed by atoms with van der Waals surface area (Å²) in [4.78, 5) is 40.4. The van der Waals surface area contributed by atoms with Crippen molar-refractivity contribution in [3.8, 4) is 0 Å². The lowest BCUT2D eigenvalue weighted by Crippen LogP contribution is -2.55. The van der Waals surface area contributed by atoms with Crippen LogP contribution in [-0.4, -0.2) is 46.0 Å². The molecule has 1 amide bonds. The van der Waals surface area contributed by atoms with Crippen molar-refractivity contribution >= 4 is 5.91 Å². The number of carbonyl (C=O) groups is 1. The van der Waals surface area contributed by atoms with E-state index in [2.05, 4.69) is 10.3 Å². The second-order valence-corrected chi connectivity index (χ2v) is 6.44. The molecule has 1 aliphatic rings. The first-order valence-corrected chi connectivity index (χ1v) is 8.37. The summed E-state index contributed by atoms with van der Waals surface area (Å²) in [5.74, 6) is -0.0302. The van der Waals surface area contributed by atoms with Crippen molar-refractivity contribution in [1.29, 1.82) is 0 Å². The lowest BCUT2D eigenvalue weighted by atomic mass is 10.0. The molecule has 2 N–H and O–H groups in total. The topological polar surface area (TPSA) is 87.2 Å². The summed E-state index contributed by atoms with van der Waals surface area (Å²) in [6, 6.07) is 11.4. The molecule has 0 aliphatic carbocycles. The van der Waals surface area contributed by atoms with Crippen LogP contribution in [0.4, 0.5) is 0 Å². The van der Waals surface area contributed by atoms with Crippen molar-refractivity contribution in [1.82, 2.24) is 19.8 Å². The zero-order chi connectivity index (χ0) is 17.8. The molecule has 1 atom stereocenters. The van der Waals surface area contributed by atoms with Gasteiger partial charge in [0.05, 0.1) is 6.54 Å². The highest BCUT2D eigenvalue weighted by molar-refractivity contribution is 5.79. The maximum Gasteiger partial charge on any atom is 0.328 e. The number of rotatable bonds is 5. The number of H-pyrrole nitrogens is 1. The van der Waals surface area contributed by atoms with Crippen molar-refractivity contribution in [3.63, 3.8) is 0 Å². The van der Waals surface area contributed by atoms with Crippen LogP contribution in [0.3, 0.4) is 0 Å².